The normalized spacial score (nSPS) is 24.6. The second-order valence-corrected chi connectivity index (χ2v) is 9.67. The Morgan fingerprint density at radius 2 is 1.56 bits per heavy atom. The first-order chi connectivity index (χ1) is 12.5. The van der Waals surface area contributed by atoms with Gasteiger partial charge in [0.05, 0.1) is 11.0 Å². The van der Waals surface area contributed by atoms with Crippen molar-refractivity contribution in [2.45, 2.75) is 63.7 Å². The van der Waals surface area contributed by atoms with Crippen LogP contribution in [0.4, 0.5) is 0 Å². The summed E-state index contributed by atoms with van der Waals surface area (Å²) in [5, 5.41) is 9.40. The van der Waals surface area contributed by atoms with Crippen LogP contribution < -0.4 is 4.74 Å². The first-order valence-electron chi connectivity index (χ1n) is 9.71. The van der Waals surface area contributed by atoms with Gasteiger partial charge in [0.1, 0.15) is 12.4 Å². The first-order valence-corrected chi connectivity index (χ1v) is 9.71. The Hall–Kier alpha value is -2.29. The predicted octanol–water partition coefficient (Wildman–Crippen LogP) is 5.43. The zero-order chi connectivity index (χ0) is 19.6. The maximum atomic E-state index is 11.5. The summed E-state index contributed by atoms with van der Waals surface area (Å²) < 4.78 is 5.95. The topological polar surface area (TPSA) is 46.5 Å². The SMILES string of the molecule is CC1(C)CCC(C)(C)c2cc(C3(C)COc4ccc(C(=O)O)cc43)ccc21. The zero-order valence-corrected chi connectivity index (χ0v) is 16.8. The molecule has 1 atom stereocenters. The highest BCUT2D eigenvalue weighted by Crippen LogP contribution is 2.49. The Morgan fingerprint density at radius 1 is 0.889 bits per heavy atom. The number of hydrogen-bond donors (Lipinski definition) is 1. The van der Waals surface area contributed by atoms with Gasteiger partial charge in [-0.3, -0.25) is 0 Å². The van der Waals surface area contributed by atoms with Gasteiger partial charge in [0.15, 0.2) is 0 Å². The molecule has 1 heterocycles. The number of hydrogen-bond acceptors (Lipinski definition) is 2. The Kier molecular flexibility index (Phi) is 3.76. The number of rotatable bonds is 2. The average Bonchev–Trinajstić information content (AvgIpc) is 2.96. The number of aromatic carboxylic acids is 1. The van der Waals surface area contributed by atoms with E-state index in [2.05, 4.69) is 52.8 Å². The minimum Gasteiger partial charge on any atom is -0.492 e. The van der Waals surface area contributed by atoms with Crippen molar-refractivity contribution < 1.29 is 14.6 Å². The highest BCUT2D eigenvalue weighted by Gasteiger charge is 2.42. The Balaban J connectivity index is 1.87. The first kappa shape index (κ1) is 18.1. The Bertz CT molecular complexity index is 939. The molecule has 3 nitrogen and oxygen atoms in total. The summed E-state index contributed by atoms with van der Waals surface area (Å²) >= 11 is 0. The molecule has 2 aromatic carbocycles. The summed E-state index contributed by atoms with van der Waals surface area (Å²) in [6, 6.07) is 12.0. The summed E-state index contributed by atoms with van der Waals surface area (Å²) in [5.74, 6) is -0.111. The molecule has 0 aromatic heterocycles. The maximum absolute atomic E-state index is 11.5. The Labute approximate surface area is 161 Å². The smallest absolute Gasteiger partial charge is 0.335 e. The van der Waals surface area contributed by atoms with Gasteiger partial charge in [-0.15, -0.1) is 0 Å². The van der Waals surface area contributed by atoms with Crippen LogP contribution in [-0.4, -0.2) is 17.7 Å². The van der Waals surface area contributed by atoms with Gasteiger partial charge in [0, 0.05) is 5.56 Å². The van der Waals surface area contributed by atoms with E-state index < -0.39 is 5.97 Å². The lowest BCUT2D eigenvalue weighted by molar-refractivity contribution is 0.0696. The van der Waals surface area contributed by atoms with Crippen molar-refractivity contribution in [3.63, 3.8) is 0 Å². The molecule has 1 N–H and O–H groups in total. The molecule has 3 heteroatoms. The molecule has 0 saturated heterocycles. The third-order valence-corrected chi connectivity index (χ3v) is 6.83. The van der Waals surface area contributed by atoms with Crippen LogP contribution in [0.25, 0.3) is 0 Å². The number of ether oxygens (including phenoxy) is 1. The monoisotopic (exact) mass is 364 g/mol. The minimum absolute atomic E-state index is 0.141. The molecule has 2 aromatic rings. The van der Waals surface area contributed by atoms with Crippen molar-refractivity contribution in [2.75, 3.05) is 6.61 Å². The third-order valence-electron chi connectivity index (χ3n) is 6.83. The van der Waals surface area contributed by atoms with Crippen molar-refractivity contribution >= 4 is 5.97 Å². The van der Waals surface area contributed by atoms with Gasteiger partial charge in [-0.2, -0.15) is 0 Å². The van der Waals surface area contributed by atoms with Gasteiger partial charge in [-0.1, -0.05) is 45.9 Å². The molecule has 1 unspecified atom stereocenters. The largest absolute Gasteiger partial charge is 0.492 e. The lowest BCUT2D eigenvalue weighted by Gasteiger charge is -2.42. The molecular weight excluding hydrogens is 336 g/mol. The van der Waals surface area contributed by atoms with Crippen LogP contribution in [0, 0.1) is 0 Å². The number of carbonyl (C=O) groups is 1. The molecular formula is C24H28O3. The minimum atomic E-state index is -0.902. The van der Waals surface area contributed by atoms with E-state index >= 15 is 0 Å². The highest BCUT2D eigenvalue weighted by atomic mass is 16.5. The fraction of sp³-hybridized carbons (Fsp3) is 0.458. The van der Waals surface area contributed by atoms with Crippen LogP contribution in [-0.2, 0) is 16.2 Å². The van der Waals surface area contributed by atoms with Crippen LogP contribution in [0.15, 0.2) is 36.4 Å². The zero-order valence-electron chi connectivity index (χ0n) is 16.8. The molecule has 27 heavy (non-hydrogen) atoms. The number of fused-ring (bicyclic) bond motifs is 2. The molecule has 0 radical (unpaired) electrons. The summed E-state index contributed by atoms with van der Waals surface area (Å²) in [5.41, 5.74) is 5.32. The molecule has 0 spiro atoms. The van der Waals surface area contributed by atoms with Crippen LogP contribution in [0.3, 0.4) is 0 Å². The van der Waals surface area contributed by atoms with E-state index in [1.165, 1.54) is 29.5 Å². The van der Waals surface area contributed by atoms with Gasteiger partial charge < -0.3 is 9.84 Å². The van der Waals surface area contributed by atoms with Crippen molar-refractivity contribution in [3.8, 4) is 5.75 Å². The molecule has 4 rings (SSSR count). The van der Waals surface area contributed by atoms with Gasteiger partial charge in [-0.05, 0) is 65.5 Å². The van der Waals surface area contributed by atoms with E-state index in [0.29, 0.717) is 12.2 Å². The second-order valence-electron chi connectivity index (χ2n) is 9.67. The third kappa shape index (κ3) is 2.67. The van der Waals surface area contributed by atoms with Crippen molar-refractivity contribution in [1.29, 1.82) is 0 Å². The van der Waals surface area contributed by atoms with Crippen molar-refractivity contribution in [1.82, 2.24) is 0 Å². The van der Waals surface area contributed by atoms with E-state index in [0.717, 1.165) is 11.3 Å². The van der Waals surface area contributed by atoms with Crippen molar-refractivity contribution in [3.05, 3.63) is 64.2 Å². The van der Waals surface area contributed by atoms with Gasteiger partial charge in [0.2, 0.25) is 0 Å². The van der Waals surface area contributed by atoms with Gasteiger partial charge in [-0.25, -0.2) is 4.79 Å². The van der Waals surface area contributed by atoms with E-state index in [9.17, 15) is 9.90 Å². The van der Waals surface area contributed by atoms with E-state index in [1.54, 1.807) is 18.2 Å². The Morgan fingerprint density at radius 3 is 2.22 bits per heavy atom. The van der Waals surface area contributed by atoms with Crippen molar-refractivity contribution in [2.24, 2.45) is 0 Å². The highest BCUT2D eigenvalue weighted by molar-refractivity contribution is 5.88. The fourth-order valence-electron chi connectivity index (χ4n) is 4.69. The lowest BCUT2D eigenvalue weighted by atomic mass is 9.62. The number of carboxylic acid groups (broad SMARTS) is 1. The molecule has 1 aliphatic heterocycles. The summed E-state index contributed by atoms with van der Waals surface area (Å²) in [6.45, 7) is 12.0. The summed E-state index contributed by atoms with van der Waals surface area (Å²) in [4.78, 5) is 11.5. The summed E-state index contributed by atoms with van der Waals surface area (Å²) in [6.07, 6.45) is 2.36. The summed E-state index contributed by atoms with van der Waals surface area (Å²) in [7, 11) is 0. The van der Waals surface area contributed by atoms with E-state index in [4.69, 9.17) is 4.74 Å². The second kappa shape index (κ2) is 5.60. The van der Waals surface area contributed by atoms with E-state index in [-0.39, 0.29) is 16.2 Å². The molecule has 0 fully saturated rings. The molecule has 2 aliphatic rings. The fourth-order valence-corrected chi connectivity index (χ4v) is 4.69. The van der Waals surface area contributed by atoms with Crippen LogP contribution in [0.2, 0.25) is 0 Å². The van der Waals surface area contributed by atoms with Crippen LogP contribution >= 0.6 is 0 Å². The standard InChI is InChI=1S/C24H28O3/c1-22(2)10-11-23(3,4)18-13-16(7-8-17(18)22)24(5)14-27-20-9-6-15(21(25)26)12-19(20)24/h6-9,12-13H,10-11,14H2,1-5H3,(H,25,26). The quantitative estimate of drug-likeness (QED) is 0.772. The maximum Gasteiger partial charge on any atom is 0.335 e. The molecule has 0 saturated carbocycles. The van der Waals surface area contributed by atoms with E-state index in [1.807, 2.05) is 0 Å². The van der Waals surface area contributed by atoms with Crippen LogP contribution in [0.5, 0.6) is 5.75 Å². The number of benzene rings is 2. The lowest BCUT2D eigenvalue weighted by Crippen LogP contribution is -2.35. The van der Waals surface area contributed by atoms with Gasteiger partial charge in [0.25, 0.3) is 0 Å². The molecule has 0 bridgehead atoms. The van der Waals surface area contributed by atoms with Crippen LogP contribution in [0.1, 0.15) is 80.1 Å². The number of carboxylic acids is 1. The molecule has 0 amide bonds. The molecule has 1 aliphatic carbocycles. The average molecular weight is 364 g/mol. The molecule has 142 valence electrons. The predicted molar refractivity (Wildman–Crippen MR) is 107 cm³/mol. The van der Waals surface area contributed by atoms with Gasteiger partial charge >= 0.3 is 5.97 Å².